The Balaban J connectivity index is 1.45. The Kier molecular flexibility index (Phi) is 9.86. The third kappa shape index (κ3) is 8.22. The van der Waals surface area contributed by atoms with Crippen molar-refractivity contribution in [2.45, 2.75) is 6.18 Å². The second kappa shape index (κ2) is 13.5. The predicted molar refractivity (Wildman–Crippen MR) is 148 cm³/mol. The lowest BCUT2D eigenvalue weighted by Gasteiger charge is -2.27. The fourth-order valence-corrected chi connectivity index (χ4v) is 4.29. The van der Waals surface area contributed by atoms with Crippen molar-refractivity contribution in [2.75, 3.05) is 57.0 Å². The molecule has 41 heavy (non-hydrogen) atoms. The number of halogens is 4. The molecule has 218 valence electrons. The van der Waals surface area contributed by atoms with Gasteiger partial charge in [0.2, 0.25) is 0 Å². The van der Waals surface area contributed by atoms with Crippen molar-refractivity contribution in [2.24, 2.45) is 0 Å². The number of urea groups is 1. The molecule has 0 unspecified atom stereocenters. The molecule has 14 heteroatoms. The van der Waals surface area contributed by atoms with Crippen molar-refractivity contribution < 1.29 is 32.2 Å². The number of anilines is 2. The first-order chi connectivity index (χ1) is 19.6. The summed E-state index contributed by atoms with van der Waals surface area (Å²) in [5, 5.41) is 10.2. The van der Waals surface area contributed by atoms with Crippen LogP contribution in [0.5, 0.6) is 17.2 Å². The fraction of sp³-hybridized carbons (Fsp3) is 0.296. The van der Waals surface area contributed by atoms with Crippen LogP contribution in [0, 0.1) is 0 Å². The molecular weight excluding hydrogens is 565 g/mol. The third-order valence-corrected chi connectivity index (χ3v) is 6.32. The highest BCUT2D eigenvalue weighted by molar-refractivity contribution is 6.32. The van der Waals surface area contributed by atoms with Crippen LogP contribution in [0.4, 0.5) is 29.3 Å². The quantitative estimate of drug-likeness (QED) is 0.281. The molecule has 0 atom stereocenters. The van der Waals surface area contributed by atoms with Gasteiger partial charge in [0, 0.05) is 63.8 Å². The molecule has 0 saturated carbocycles. The Hall–Kier alpha value is -4.07. The number of nitrogens with one attached hydrogen (secondary N) is 4. The van der Waals surface area contributed by atoms with E-state index in [0.29, 0.717) is 18.0 Å². The van der Waals surface area contributed by atoms with Crippen molar-refractivity contribution in [3.05, 3.63) is 71.0 Å². The molecule has 2 heterocycles. The molecule has 1 fully saturated rings. The normalized spacial score (nSPS) is 13.8. The number of alkyl halides is 3. The van der Waals surface area contributed by atoms with Crippen molar-refractivity contribution >= 4 is 34.9 Å². The highest BCUT2D eigenvalue weighted by Gasteiger charge is 2.39. The summed E-state index contributed by atoms with van der Waals surface area (Å²) in [5.41, 5.74) is -1.30. The van der Waals surface area contributed by atoms with Crippen molar-refractivity contribution in [3.63, 3.8) is 0 Å². The number of carbonyl (C=O) groups is 2. The number of pyridine rings is 1. The van der Waals surface area contributed by atoms with E-state index >= 15 is 0 Å². The number of hydrogen-bond acceptors (Lipinski definition) is 7. The summed E-state index contributed by atoms with van der Waals surface area (Å²) in [5.74, 6) is -0.313. The molecule has 0 radical (unpaired) electrons. The number of hydrogen-bond donors (Lipinski definition) is 4. The maximum atomic E-state index is 14.1. The third-order valence-electron chi connectivity index (χ3n) is 6.02. The Bertz CT molecular complexity index is 1390. The zero-order valence-electron chi connectivity index (χ0n) is 22.0. The maximum Gasteiger partial charge on any atom is 0.422 e. The second-order valence-electron chi connectivity index (χ2n) is 8.90. The van der Waals surface area contributed by atoms with Gasteiger partial charge in [0.05, 0.1) is 10.7 Å². The molecule has 1 aliphatic heterocycles. The number of amides is 3. The van der Waals surface area contributed by atoms with E-state index in [2.05, 4.69) is 31.2 Å². The lowest BCUT2D eigenvalue weighted by atomic mass is 10.1. The zero-order valence-corrected chi connectivity index (χ0v) is 22.7. The topological polar surface area (TPSA) is 117 Å². The molecule has 4 rings (SSSR count). The lowest BCUT2D eigenvalue weighted by Crippen LogP contribution is -2.44. The maximum absolute atomic E-state index is 14.1. The van der Waals surface area contributed by atoms with Crippen LogP contribution in [0.15, 0.2) is 54.7 Å². The average Bonchev–Trinajstić information content (AvgIpc) is 2.94. The lowest BCUT2D eigenvalue weighted by molar-refractivity contribution is -0.138. The summed E-state index contributed by atoms with van der Waals surface area (Å²) in [6, 6.07) is 10.6. The smallest absolute Gasteiger partial charge is 0.422 e. The van der Waals surface area contributed by atoms with Gasteiger partial charge in [-0.2, -0.15) is 13.2 Å². The molecule has 0 spiro atoms. The first kappa shape index (κ1) is 29.9. The minimum atomic E-state index is -4.86. The largest absolute Gasteiger partial charge is 0.490 e. The van der Waals surface area contributed by atoms with Crippen LogP contribution in [-0.4, -0.2) is 68.2 Å². The first-order valence-electron chi connectivity index (χ1n) is 12.6. The van der Waals surface area contributed by atoms with E-state index in [0.717, 1.165) is 32.2 Å². The highest BCUT2D eigenvalue weighted by atomic mass is 35.5. The van der Waals surface area contributed by atoms with Gasteiger partial charge in [-0.3, -0.25) is 14.7 Å². The molecule has 2 aromatic carbocycles. The molecule has 10 nitrogen and oxygen atoms in total. The monoisotopic (exact) mass is 592 g/mol. The predicted octanol–water partition coefficient (Wildman–Crippen LogP) is 4.83. The number of piperazine rings is 1. The van der Waals surface area contributed by atoms with Gasteiger partial charge < -0.3 is 30.7 Å². The summed E-state index contributed by atoms with van der Waals surface area (Å²) in [7, 11) is 1.47. The van der Waals surface area contributed by atoms with Crippen LogP contribution in [0.3, 0.4) is 0 Å². The van der Waals surface area contributed by atoms with E-state index < -0.39 is 35.1 Å². The SMILES string of the molecule is CNC(=O)c1cc(Oc2cccc(NC(=O)Nc3ccc(Cl)c(OCCN4CCNCC4)c3C(F)(F)F)c2)ccn1. The van der Waals surface area contributed by atoms with Crippen molar-refractivity contribution in [1.29, 1.82) is 0 Å². The molecular formula is C27H28ClF3N6O4. The summed E-state index contributed by atoms with van der Waals surface area (Å²) in [6.07, 6.45) is -3.45. The van der Waals surface area contributed by atoms with Crippen LogP contribution in [0.1, 0.15) is 16.1 Å². The van der Waals surface area contributed by atoms with Crippen LogP contribution in [-0.2, 0) is 6.18 Å². The zero-order chi connectivity index (χ0) is 29.4. The van der Waals surface area contributed by atoms with E-state index in [1.807, 2.05) is 0 Å². The van der Waals surface area contributed by atoms with Gasteiger partial charge in [-0.05, 0) is 30.3 Å². The molecule has 1 aliphatic rings. The summed E-state index contributed by atoms with van der Waals surface area (Å²) in [4.78, 5) is 30.6. The Morgan fingerprint density at radius 1 is 1.07 bits per heavy atom. The van der Waals surface area contributed by atoms with Gasteiger partial charge in [-0.25, -0.2) is 4.79 Å². The number of rotatable bonds is 9. The first-order valence-corrected chi connectivity index (χ1v) is 13.0. The van der Waals surface area contributed by atoms with Gasteiger partial charge in [-0.15, -0.1) is 0 Å². The number of aromatic nitrogens is 1. The van der Waals surface area contributed by atoms with Gasteiger partial charge in [0.1, 0.15) is 29.4 Å². The van der Waals surface area contributed by atoms with Gasteiger partial charge >= 0.3 is 12.2 Å². The second-order valence-corrected chi connectivity index (χ2v) is 9.31. The van der Waals surface area contributed by atoms with E-state index in [-0.39, 0.29) is 23.0 Å². The van der Waals surface area contributed by atoms with Crippen LogP contribution in [0.25, 0.3) is 0 Å². The summed E-state index contributed by atoms with van der Waals surface area (Å²) >= 11 is 6.10. The standard InChI is InChI=1S/C27H28ClF3N6O4/c1-32-25(38)22-16-19(7-8-34-22)41-18-4-2-3-17(15-18)35-26(39)36-21-6-5-20(28)24(23(21)27(29,30)31)40-14-13-37-11-9-33-10-12-37/h2-8,15-16,33H,9-14H2,1H3,(H,32,38)(H2,35,36,39). The van der Waals surface area contributed by atoms with E-state index in [9.17, 15) is 22.8 Å². The minimum Gasteiger partial charge on any atom is -0.490 e. The van der Waals surface area contributed by atoms with E-state index in [1.165, 1.54) is 37.5 Å². The molecule has 4 N–H and O–H groups in total. The summed E-state index contributed by atoms with van der Waals surface area (Å²) in [6.45, 7) is 3.53. The van der Waals surface area contributed by atoms with E-state index in [4.69, 9.17) is 21.1 Å². The van der Waals surface area contributed by atoms with E-state index in [1.54, 1.807) is 18.2 Å². The van der Waals surface area contributed by atoms with Gasteiger partial charge in [0.25, 0.3) is 5.91 Å². The summed E-state index contributed by atoms with van der Waals surface area (Å²) < 4.78 is 53.7. The van der Waals surface area contributed by atoms with Crippen LogP contribution >= 0.6 is 11.6 Å². The highest BCUT2D eigenvalue weighted by Crippen LogP contribution is 2.45. The average molecular weight is 593 g/mol. The molecule has 3 amide bonds. The molecule has 1 saturated heterocycles. The van der Waals surface area contributed by atoms with Crippen molar-refractivity contribution in [1.82, 2.24) is 20.5 Å². The number of benzene rings is 2. The van der Waals surface area contributed by atoms with Gasteiger partial charge in [0.15, 0.2) is 5.75 Å². The molecule has 0 bridgehead atoms. The Morgan fingerprint density at radius 2 is 1.83 bits per heavy atom. The fourth-order valence-electron chi connectivity index (χ4n) is 4.08. The molecule has 0 aliphatic carbocycles. The number of ether oxygens (including phenoxy) is 2. The molecule has 3 aromatic rings. The number of nitrogens with zero attached hydrogens (tertiary/aromatic N) is 2. The van der Waals surface area contributed by atoms with Crippen LogP contribution in [0.2, 0.25) is 5.02 Å². The van der Waals surface area contributed by atoms with Crippen molar-refractivity contribution in [3.8, 4) is 17.2 Å². The molecule has 1 aromatic heterocycles. The minimum absolute atomic E-state index is 0.00662. The number of carbonyl (C=O) groups excluding carboxylic acids is 2. The Labute approximate surface area is 239 Å². The van der Waals surface area contributed by atoms with Gasteiger partial charge in [-0.1, -0.05) is 17.7 Å². The van der Waals surface area contributed by atoms with Crippen LogP contribution < -0.4 is 30.7 Å². The Morgan fingerprint density at radius 3 is 2.56 bits per heavy atom.